The standard InChI is InChI=1S/C13H17N5O4S.ClH/c14-8-1-2-16(17(8)3-4-19)5-7-6-23-12-9(15)11(20)18(12)10(7)13(21)22;/h1-2,9,12,14,19H,3-6,15H2,(H,21,22);1H/t9-,12-;/m1./s1. The highest BCUT2D eigenvalue weighted by Gasteiger charge is 2.52. The van der Waals surface area contributed by atoms with Crippen LogP contribution < -0.4 is 28.6 Å². The van der Waals surface area contributed by atoms with E-state index in [1.807, 2.05) is 0 Å². The fourth-order valence-electron chi connectivity index (χ4n) is 2.86. The van der Waals surface area contributed by atoms with Gasteiger partial charge in [-0.15, -0.1) is 21.1 Å². The number of carboxylic acids is 1. The number of aromatic nitrogens is 2. The normalized spacial score (nSPS) is 22.8. The second kappa shape index (κ2) is 7.01. The van der Waals surface area contributed by atoms with Crippen LogP contribution in [0.15, 0.2) is 23.5 Å². The molecule has 132 valence electrons. The number of anilines is 1. The molecule has 6 N–H and O–H groups in total. The van der Waals surface area contributed by atoms with Crippen LogP contribution in [0.5, 0.6) is 0 Å². The van der Waals surface area contributed by atoms with Gasteiger partial charge >= 0.3 is 5.97 Å². The van der Waals surface area contributed by atoms with Gasteiger partial charge in [0.15, 0.2) is 18.6 Å². The SMILES string of the molecule is Nc1cc[n+](CC2=C(C(=O)O)N3C(=O)[C@@H](N)[C@H]3SC2)n1CCO.[Cl-]. The third kappa shape index (κ3) is 2.86. The van der Waals surface area contributed by atoms with E-state index >= 15 is 0 Å². The van der Waals surface area contributed by atoms with Crippen molar-refractivity contribution >= 4 is 29.5 Å². The van der Waals surface area contributed by atoms with Crippen molar-refractivity contribution in [1.29, 1.82) is 0 Å². The highest BCUT2D eigenvalue weighted by Crippen LogP contribution is 2.39. The molecular formula is C13H18ClN5O4S. The number of hydrogen-bond donors (Lipinski definition) is 4. The number of nitrogen functional groups attached to an aromatic ring is 1. The van der Waals surface area contributed by atoms with Crippen LogP contribution in [0.25, 0.3) is 0 Å². The van der Waals surface area contributed by atoms with Crippen molar-refractivity contribution in [3.05, 3.63) is 23.5 Å². The Bertz CT molecular complexity index is 707. The van der Waals surface area contributed by atoms with Gasteiger partial charge in [-0.3, -0.25) is 9.69 Å². The predicted octanol–water partition coefficient (Wildman–Crippen LogP) is -5.06. The molecule has 24 heavy (non-hydrogen) atoms. The summed E-state index contributed by atoms with van der Waals surface area (Å²) < 4.78 is 3.39. The monoisotopic (exact) mass is 375 g/mol. The molecule has 0 aromatic carbocycles. The lowest BCUT2D eigenvalue weighted by atomic mass is 10.0. The number of amides is 1. The summed E-state index contributed by atoms with van der Waals surface area (Å²) in [6.07, 6.45) is 1.72. The fraction of sp³-hybridized carbons (Fsp3) is 0.462. The number of thioether (sulfide) groups is 1. The largest absolute Gasteiger partial charge is 1.00 e. The summed E-state index contributed by atoms with van der Waals surface area (Å²) in [5.74, 6) is -0.562. The van der Waals surface area contributed by atoms with E-state index < -0.39 is 12.0 Å². The number of fused-ring (bicyclic) bond motifs is 1. The maximum Gasteiger partial charge on any atom is 0.352 e. The molecule has 1 amide bonds. The van der Waals surface area contributed by atoms with E-state index in [0.29, 0.717) is 23.7 Å². The van der Waals surface area contributed by atoms with Gasteiger partial charge in [0, 0.05) is 11.3 Å². The summed E-state index contributed by atoms with van der Waals surface area (Å²) in [5.41, 5.74) is 12.2. The van der Waals surface area contributed by atoms with Gasteiger partial charge in [-0.1, -0.05) is 0 Å². The number of rotatable bonds is 5. The molecule has 1 saturated heterocycles. The lowest BCUT2D eigenvalue weighted by molar-refractivity contribution is -0.767. The van der Waals surface area contributed by atoms with E-state index in [4.69, 9.17) is 16.6 Å². The molecule has 3 heterocycles. The Morgan fingerprint density at radius 1 is 1.50 bits per heavy atom. The van der Waals surface area contributed by atoms with Crippen LogP contribution >= 0.6 is 11.8 Å². The van der Waals surface area contributed by atoms with Crippen LogP contribution in [0.4, 0.5) is 5.82 Å². The Kier molecular flexibility index (Phi) is 5.43. The van der Waals surface area contributed by atoms with Crippen molar-refractivity contribution in [3.63, 3.8) is 0 Å². The topological polar surface area (TPSA) is 139 Å². The number of nitrogens with two attached hydrogens (primary N) is 2. The van der Waals surface area contributed by atoms with Crippen LogP contribution in [-0.4, -0.2) is 55.4 Å². The van der Waals surface area contributed by atoms with Crippen LogP contribution in [0.3, 0.4) is 0 Å². The third-order valence-electron chi connectivity index (χ3n) is 3.98. The smallest absolute Gasteiger partial charge is 0.352 e. The van der Waals surface area contributed by atoms with Crippen molar-refractivity contribution < 1.29 is 36.9 Å². The van der Waals surface area contributed by atoms with E-state index in [1.165, 1.54) is 16.7 Å². The van der Waals surface area contributed by atoms with E-state index in [0.717, 1.165) is 0 Å². The first kappa shape index (κ1) is 18.6. The maximum absolute atomic E-state index is 11.9. The molecule has 0 radical (unpaired) electrons. The molecule has 1 aromatic rings. The number of carboxylic acid groups (broad SMARTS) is 1. The molecule has 11 heteroatoms. The van der Waals surface area contributed by atoms with Gasteiger partial charge < -0.3 is 34.1 Å². The number of aliphatic carboxylic acids is 1. The first-order chi connectivity index (χ1) is 11.0. The number of nitrogens with zero attached hydrogens (tertiary/aromatic N) is 3. The zero-order valence-corrected chi connectivity index (χ0v) is 14.2. The average Bonchev–Trinajstić information content (AvgIpc) is 2.87. The molecule has 0 aliphatic carbocycles. The van der Waals surface area contributed by atoms with Gasteiger partial charge in [0.1, 0.15) is 23.7 Å². The highest BCUT2D eigenvalue weighted by molar-refractivity contribution is 8.00. The number of aliphatic hydroxyl groups excluding tert-OH is 1. The average molecular weight is 376 g/mol. The maximum atomic E-state index is 11.9. The second-order valence-corrected chi connectivity index (χ2v) is 6.48. The summed E-state index contributed by atoms with van der Waals surface area (Å²) in [5, 5.41) is 18.3. The Balaban J connectivity index is 0.00000208. The zero-order chi connectivity index (χ0) is 16.7. The highest BCUT2D eigenvalue weighted by atomic mass is 35.5. The second-order valence-electron chi connectivity index (χ2n) is 5.38. The van der Waals surface area contributed by atoms with Gasteiger partial charge in [-0.2, -0.15) is 0 Å². The lowest BCUT2D eigenvalue weighted by Crippen LogP contribution is -3.00. The van der Waals surface area contributed by atoms with E-state index in [1.54, 1.807) is 21.6 Å². The molecule has 3 rings (SSSR count). The molecule has 0 unspecified atom stereocenters. The molecule has 1 fully saturated rings. The molecule has 2 aliphatic rings. The molecule has 2 aliphatic heterocycles. The summed E-state index contributed by atoms with van der Waals surface area (Å²) in [7, 11) is 0. The molecule has 2 atom stereocenters. The summed E-state index contributed by atoms with van der Waals surface area (Å²) in [6.45, 7) is 0.495. The minimum Gasteiger partial charge on any atom is -1.00 e. The summed E-state index contributed by atoms with van der Waals surface area (Å²) in [6, 6.07) is 1.04. The van der Waals surface area contributed by atoms with Crippen molar-refractivity contribution in [1.82, 2.24) is 9.58 Å². The van der Waals surface area contributed by atoms with Gasteiger partial charge in [0.25, 0.3) is 0 Å². The first-order valence-corrected chi connectivity index (χ1v) is 8.11. The first-order valence-electron chi connectivity index (χ1n) is 7.07. The summed E-state index contributed by atoms with van der Waals surface area (Å²) in [4.78, 5) is 24.8. The van der Waals surface area contributed by atoms with Crippen molar-refractivity contribution in [2.24, 2.45) is 5.73 Å². The number of carbonyl (C=O) groups excluding carboxylic acids is 1. The van der Waals surface area contributed by atoms with Crippen molar-refractivity contribution in [2.75, 3.05) is 18.1 Å². The van der Waals surface area contributed by atoms with Crippen LogP contribution in [-0.2, 0) is 22.7 Å². The van der Waals surface area contributed by atoms with Crippen molar-refractivity contribution in [3.8, 4) is 0 Å². The Labute approximate surface area is 148 Å². The van der Waals surface area contributed by atoms with Gasteiger partial charge in [0.2, 0.25) is 5.91 Å². The lowest BCUT2D eigenvalue weighted by Gasteiger charge is -2.47. The molecule has 0 saturated carbocycles. The Morgan fingerprint density at radius 3 is 2.83 bits per heavy atom. The Morgan fingerprint density at radius 2 is 2.21 bits per heavy atom. The Hall–Kier alpha value is -1.75. The van der Waals surface area contributed by atoms with E-state index in [2.05, 4.69) is 0 Å². The summed E-state index contributed by atoms with van der Waals surface area (Å²) >= 11 is 1.46. The minimum atomic E-state index is -1.14. The van der Waals surface area contributed by atoms with E-state index in [-0.39, 0.29) is 42.5 Å². The van der Waals surface area contributed by atoms with Crippen LogP contribution in [0, 0.1) is 0 Å². The van der Waals surface area contributed by atoms with Crippen LogP contribution in [0.2, 0.25) is 0 Å². The number of β-lactam (4-membered cyclic amide) rings is 1. The number of hydrogen-bond acceptors (Lipinski definition) is 6. The molecule has 0 bridgehead atoms. The van der Waals surface area contributed by atoms with Gasteiger partial charge in [-0.05, 0) is 0 Å². The molecule has 1 aromatic heterocycles. The van der Waals surface area contributed by atoms with Crippen molar-refractivity contribution in [2.45, 2.75) is 24.5 Å². The predicted molar refractivity (Wildman–Crippen MR) is 81.9 cm³/mol. The number of halogens is 1. The molecule has 9 nitrogen and oxygen atoms in total. The van der Waals surface area contributed by atoms with Crippen LogP contribution in [0.1, 0.15) is 0 Å². The minimum absolute atomic E-state index is 0. The fourth-order valence-corrected chi connectivity index (χ4v) is 4.15. The van der Waals surface area contributed by atoms with E-state index in [9.17, 15) is 14.7 Å². The van der Waals surface area contributed by atoms with Gasteiger partial charge in [-0.25, -0.2) is 4.79 Å². The quantitative estimate of drug-likeness (QED) is 0.298. The number of carbonyl (C=O) groups is 2. The molecular weight excluding hydrogens is 358 g/mol. The number of aliphatic hydroxyl groups is 1. The third-order valence-corrected chi connectivity index (χ3v) is 5.34. The zero-order valence-electron chi connectivity index (χ0n) is 12.6. The molecule has 0 spiro atoms. The van der Waals surface area contributed by atoms with Gasteiger partial charge in [0.05, 0.1) is 12.7 Å².